The van der Waals surface area contributed by atoms with Crippen LogP contribution in [0.3, 0.4) is 0 Å². The first kappa shape index (κ1) is 13.1. The summed E-state index contributed by atoms with van der Waals surface area (Å²) in [6, 6.07) is 10.2. The molecule has 2 rings (SSSR count). The van der Waals surface area contributed by atoms with Gasteiger partial charge in [0.05, 0.1) is 6.10 Å². The van der Waals surface area contributed by atoms with Crippen LogP contribution in [0.5, 0.6) is 0 Å². The van der Waals surface area contributed by atoms with Crippen molar-refractivity contribution < 1.29 is 5.11 Å². The lowest BCUT2D eigenvalue weighted by Crippen LogP contribution is -2.18. The van der Waals surface area contributed by atoms with Gasteiger partial charge in [0.2, 0.25) is 0 Å². The van der Waals surface area contributed by atoms with Gasteiger partial charge in [0.25, 0.3) is 0 Å². The zero-order valence-corrected chi connectivity index (χ0v) is 11.7. The second-order valence-electron chi connectivity index (χ2n) is 4.47. The Hall–Kier alpha value is -1.32. The first-order chi connectivity index (χ1) is 8.72. The number of anilines is 1. The molecule has 0 spiro atoms. The van der Waals surface area contributed by atoms with Crippen LogP contribution in [0.4, 0.5) is 5.69 Å². The van der Waals surface area contributed by atoms with Crippen LogP contribution in [0.15, 0.2) is 41.1 Å². The summed E-state index contributed by atoms with van der Waals surface area (Å²) in [5, 5.41) is 14.3. The van der Waals surface area contributed by atoms with E-state index in [9.17, 15) is 5.11 Å². The molecular formula is C15H19NOS. The summed E-state index contributed by atoms with van der Waals surface area (Å²) >= 11 is 1.72. The van der Waals surface area contributed by atoms with Crippen LogP contribution >= 0.6 is 11.3 Å². The number of aliphatic hydroxyl groups is 1. The SMILES string of the molecule is CCC(O)c1ccccc1N(C)Cc1ccsc1. The number of para-hydroxylation sites is 1. The highest BCUT2D eigenvalue weighted by atomic mass is 32.1. The number of thiophene rings is 1. The maximum absolute atomic E-state index is 10.1. The van der Waals surface area contributed by atoms with Crippen LogP contribution in [-0.4, -0.2) is 12.2 Å². The van der Waals surface area contributed by atoms with Crippen molar-refractivity contribution in [2.45, 2.75) is 26.0 Å². The van der Waals surface area contributed by atoms with Crippen LogP contribution in [0, 0.1) is 0 Å². The number of rotatable bonds is 5. The average Bonchev–Trinajstić information content (AvgIpc) is 2.90. The Morgan fingerprint density at radius 1 is 1.28 bits per heavy atom. The molecule has 96 valence electrons. The third kappa shape index (κ3) is 2.92. The maximum atomic E-state index is 10.1. The lowest BCUT2D eigenvalue weighted by molar-refractivity contribution is 0.174. The van der Waals surface area contributed by atoms with E-state index in [0.29, 0.717) is 0 Å². The third-order valence-corrected chi connectivity index (χ3v) is 3.83. The molecule has 1 atom stereocenters. The standard InChI is InChI=1S/C15H19NOS/c1-3-15(17)13-6-4-5-7-14(13)16(2)10-12-8-9-18-11-12/h4-9,11,15,17H,3,10H2,1-2H3. The first-order valence-corrected chi connectivity index (χ1v) is 7.16. The van der Waals surface area contributed by atoms with E-state index in [0.717, 1.165) is 24.2 Å². The van der Waals surface area contributed by atoms with Crippen molar-refractivity contribution in [1.82, 2.24) is 0 Å². The highest BCUT2D eigenvalue weighted by Gasteiger charge is 2.13. The molecule has 1 aromatic carbocycles. The van der Waals surface area contributed by atoms with E-state index in [2.05, 4.69) is 34.8 Å². The molecule has 0 saturated carbocycles. The Morgan fingerprint density at radius 3 is 2.72 bits per heavy atom. The minimum Gasteiger partial charge on any atom is -0.388 e. The fraction of sp³-hybridized carbons (Fsp3) is 0.333. The summed E-state index contributed by atoms with van der Waals surface area (Å²) in [4.78, 5) is 2.19. The zero-order valence-electron chi connectivity index (χ0n) is 10.8. The summed E-state index contributed by atoms with van der Waals surface area (Å²) in [6.45, 7) is 2.87. The molecule has 2 aromatic rings. The van der Waals surface area contributed by atoms with Crippen molar-refractivity contribution in [1.29, 1.82) is 0 Å². The summed E-state index contributed by atoms with van der Waals surface area (Å²) in [6.07, 6.45) is 0.356. The lowest BCUT2D eigenvalue weighted by atomic mass is 10.0. The van der Waals surface area contributed by atoms with Crippen molar-refractivity contribution in [3.05, 3.63) is 52.2 Å². The van der Waals surface area contributed by atoms with E-state index in [1.54, 1.807) is 11.3 Å². The van der Waals surface area contributed by atoms with Crippen molar-refractivity contribution in [3.8, 4) is 0 Å². The largest absolute Gasteiger partial charge is 0.388 e. The summed E-state index contributed by atoms with van der Waals surface area (Å²) in [7, 11) is 2.07. The van der Waals surface area contributed by atoms with Crippen LogP contribution in [0.1, 0.15) is 30.6 Å². The van der Waals surface area contributed by atoms with Crippen LogP contribution in [-0.2, 0) is 6.54 Å². The van der Waals surface area contributed by atoms with Gasteiger partial charge < -0.3 is 10.0 Å². The van der Waals surface area contributed by atoms with Crippen LogP contribution < -0.4 is 4.90 Å². The van der Waals surface area contributed by atoms with Crippen molar-refractivity contribution >= 4 is 17.0 Å². The number of hydrogen-bond acceptors (Lipinski definition) is 3. The smallest absolute Gasteiger partial charge is 0.0807 e. The molecule has 18 heavy (non-hydrogen) atoms. The Morgan fingerprint density at radius 2 is 2.06 bits per heavy atom. The van der Waals surface area contributed by atoms with E-state index in [1.165, 1.54) is 5.56 Å². The van der Waals surface area contributed by atoms with Gasteiger partial charge in [-0.05, 0) is 34.9 Å². The molecule has 0 amide bonds. The van der Waals surface area contributed by atoms with Gasteiger partial charge in [0, 0.05) is 24.8 Å². The minimum absolute atomic E-state index is 0.383. The van der Waals surface area contributed by atoms with E-state index >= 15 is 0 Å². The fourth-order valence-corrected chi connectivity index (χ4v) is 2.74. The molecule has 0 saturated heterocycles. The van der Waals surface area contributed by atoms with Crippen molar-refractivity contribution in [2.24, 2.45) is 0 Å². The molecule has 0 aliphatic carbocycles. The zero-order chi connectivity index (χ0) is 13.0. The monoisotopic (exact) mass is 261 g/mol. The molecule has 0 fully saturated rings. The highest BCUT2D eigenvalue weighted by molar-refractivity contribution is 7.07. The predicted octanol–water partition coefficient (Wildman–Crippen LogP) is 3.83. The van der Waals surface area contributed by atoms with Gasteiger partial charge in [0.1, 0.15) is 0 Å². The molecule has 1 unspecified atom stereocenters. The maximum Gasteiger partial charge on any atom is 0.0807 e. The molecule has 0 aliphatic rings. The van der Waals surface area contributed by atoms with Gasteiger partial charge >= 0.3 is 0 Å². The van der Waals surface area contributed by atoms with Gasteiger partial charge in [-0.25, -0.2) is 0 Å². The topological polar surface area (TPSA) is 23.5 Å². The van der Waals surface area contributed by atoms with Crippen LogP contribution in [0.25, 0.3) is 0 Å². The molecule has 0 aliphatic heterocycles. The molecule has 0 radical (unpaired) electrons. The predicted molar refractivity (Wildman–Crippen MR) is 78.1 cm³/mol. The molecule has 2 nitrogen and oxygen atoms in total. The lowest BCUT2D eigenvalue weighted by Gasteiger charge is -2.24. The molecule has 3 heteroatoms. The Kier molecular flexibility index (Phi) is 4.39. The van der Waals surface area contributed by atoms with E-state index in [1.807, 2.05) is 25.1 Å². The number of benzene rings is 1. The van der Waals surface area contributed by atoms with Gasteiger partial charge in [-0.1, -0.05) is 25.1 Å². The fourth-order valence-electron chi connectivity index (χ4n) is 2.08. The van der Waals surface area contributed by atoms with E-state index in [4.69, 9.17) is 0 Å². The van der Waals surface area contributed by atoms with Gasteiger partial charge in [0.15, 0.2) is 0 Å². The number of hydrogen-bond donors (Lipinski definition) is 1. The van der Waals surface area contributed by atoms with Crippen LogP contribution in [0.2, 0.25) is 0 Å². The first-order valence-electron chi connectivity index (χ1n) is 6.21. The van der Waals surface area contributed by atoms with Gasteiger partial charge in [-0.3, -0.25) is 0 Å². The summed E-state index contributed by atoms with van der Waals surface area (Å²) in [5.41, 5.74) is 3.43. The Labute approximate surface area is 113 Å². The second-order valence-corrected chi connectivity index (χ2v) is 5.25. The van der Waals surface area contributed by atoms with Crippen molar-refractivity contribution in [2.75, 3.05) is 11.9 Å². The number of nitrogens with zero attached hydrogens (tertiary/aromatic N) is 1. The normalized spacial score (nSPS) is 12.4. The quantitative estimate of drug-likeness (QED) is 0.884. The highest BCUT2D eigenvalue weighted by Crippen LogP contribution is 2.28. The summed E-state index contributed by atoms with van der Waals surface area (Å²) < 4.78 is 0. The molecule has 0 bridgehead atoms. The molecule has 1 heterocycles. The van der Waals surface area contributed by atoms with Gasteiger partial charge in [-0.2, -0.15) is 11.3 Å². The van der Waals surface area contributed by atoms with E-state index < -0.39 is 0 Å². The summed E-state index contributed by atoms with van der Waals surface area (Å²) in [5.74, 6) is 0. The Balaban J connectivity index is 2.21. The average molecular weight is 261 g/mol. The van der Waals surface area contributed by atoms with Crippen molar-refractivity contribution in [3.63, 3.8) is 0 Å². The third-order valence-electron chi connectivity index (χ3n) is 3.09. The Bertz CT molecular complexity index is 481. The molecule has 1 aromatic heterocycles. The molecule has 1 N–H and O–H groups in total. The minimum atomic E-state index is -0.383. The van der Waals surface area contributed by atoms with Gasteiger partial charge in [-0.15, -0.1) is 0 Å². The number of aliphatic hydroxyl groups excluding tert-OH is 1. The molecular weight excluding hydrogens is 242 g/mol. The second kappa shape index (κ2) is 6.03. The van der Waals surface area contributed by atoms with E-state index in [-0.39, 0.29) is 6.10 Å².